The van der Waals surface area contributed by atoms with Crippen molar-refractivity contribution in [2.45, 2.75) is 77.1 Å². The molecular weight excluding hydrogens is 645 g/mol. The molecule has 2 saturated heterocycles. The first-order chi connectivity index (χ1) is 24.2. The number of likely N-dealkylation sites (N-methyl/N-ethyl adjacent to an activating group) is 1. The number of anilines is 1. The highest BCUT2D eigenvalue weighted by Crippen LogP contribution is 2.43. The molecule has 0 N–H and O–H groups in total. The molecule has 0 radical (unpaired) electrons. The molecule has 11 nitrogen and oxygen atoms in total. The third-order valence-electron chi connectivity index (χ3n) is 10.5. The Morgan fingerprint density at radius 3 is 2.53 bits per heavy atom. The summed E-state index contributed by atoms with van der Waals surface area (Å²) in [6, 6.07) is 17.1. The molecule has 0 bridgehead atoms. The number of carbonyl (C=O) groups excluding carboxylic acids is 1. The van der Waals surface area contributed by atoms with E-state index in [9.17, 15) is 15.3 Å². The summed E-state index contributed by atoms with van der Waals surface area (Å²) in [5.74, 6) is 0.0892. The third kappa shape index (κ3) is 5.78. The van der Waals surface area contributed by atoms with Crippen molar-refractivity contribution < 1.29 is 13.9 Å². The Morgan fingerprint density at radius 1 is 1.14 bits per heavy atom. The topological polar surface area (TPSA) is 127 Å². The van der Waals surface area contributed by atoms with Gasteiger partial charge in [-0.2, -0.15) is 10.5 Å². The van der Waals surface area contributed by atoms with Crippen LogP contribution in [-0.2, 0) is 4.74 Å². The molecule has 4 heterocycles. The number of ether oxygens (including phenoxy) is 1. The van der Waals surface area contributed by atoms with Crippen LogP contribution in [0.1, 0.15) is 64.1 Å². The zero-order valence-electron chi connectivity index (χ0n) is 30.2. The fourth-order valence-electron chi connectivity index (χ4n) is 7.68. The van der Waals surface area contributed by atoms with E-state index in [1.54, 1.807) is 11.0 Å². The number of hydrogen-bond donors (Lipinski definition) is 0. The highest BCUT2D eigenvalue weighted by molar-refractivity contribution is 6.10. The predicted octanol–water partition coefficient (Wildman–Crippen LogP) is 7.11. The van der Waals surface area contributed by atoms with E-state index in [1.807, 2.05) is 82.9 Å². The second kappa shape index (κ2) is 12.5. The number of rotatable bonds is 5. The fraction of sp³-hybridized carbons (Fsp3) is 0.436. The first kappa shape index (κ1) is 34.1. The van der Waals surface area contributed by atoms with Gasteiger partial charge in [0.2, 0.25) is 0 Å². The fourth-order valence-corrected chi connectivity index (χ4v) is 7.68. The maximum atomic E-state index is 17.4. The molecule has 2 atom stereocenters. The highest BCUT2D eigenvalue weighted by atomic mass is 19.1. The molecule has 2 aliphatic rings. The van der Waals surface area contributed by atoms with Crippen molar-refractivity contribution in [2.75, 3.05) is 38.6 Å². The lowest BCUT2D eigenvalue weighted by Gasteiger charge is -2.52. The van der Waals surface area contributed by atoms with Crippen molar-refractivity contribution >= 4 is 44.6 Å². The molecule has 2 aromatic heterocycles. The summed E-state index contributed by atoms with van der Waals surface area (Å²) in [5.41, 5.74) is 2.89. The Balaban J connectivity index is 1.41. The number of fused-ring (bicyclic) bond motifs is 4. The van der Waals surface area contributed by atoms with Gasteiger partial charge in [0.25, 0.3) is 0 Å². The van der Waals surface area contributed by atoms with Crippen LogP contribution in [0, 0.1) is 35.4 Å². The lowest BCUT2D eigenvalue weighted by Crippen LogP contribution is -2.67. The molecule has 5 aromatic rings. The van der Waals surface area contributed by atoms with E-state index in [0.29, 0.717) is 82.4 Å². The Kier molecular flexibility index (Phi) is 8.34. The van der Waals surface area contributed by atoms with Crippen LogP contribution in [0.15, 0.2) is 42.5 Å². The van der Waals surface area contributed by atoms with Crippen molar-refractivity contribution in [2.24, 2.45) is 0 Å². The number of amides is 1. The molecule has 1 amide bonds. The summed E-state index contributed by atoms with van der Waals surface area (Å²) in [6.45, 7) is 11.2. The van der Waals surface area contributed by atoms with Crippen LogP contribution < -0.4 is 4.90 Å². The van der Waals surface area contributed by atoms with Crippen LogP contribution in [0.5, 0.6) is 0 Å². The first-order valence-corrected chi connectivity index (χ1v) is 17.3. The summed E-state index contributed by atoms with van der Waals surface area (Å²) in [6.07, 6.45) is 0.702. The molecule has 2 fully saturated rings. The summed E-state index contributed by atoms with van der Waals surface area (Å²) >= 11 is 0. The molecular formula is C39H42FN9O2. The van der Waals surface area contributed by atoms with Crippen LogP contribution in [0.4, 0.5) is 15.0 Å². The zero-order chi connectivity index (χ0) is 36.4. The number of hydrogen-bond acceptors (Lipinski definition) is 9. The van der Waals surface area contributed by atoms with Crippen LogP contribution in [-0.4, -0.2) is 86.8 Å². The number of piperidine rings is 1. The minimum atomic E-state index is -0.669. The standard InChI is InChI=1S/C39H42FN9O2/c1-23-18-29-33(32(40)30(23)28-13-9-11-24-10-8-12-25(20-42)31(24)28)43-36(47-21-39(5,22-47)46(6)7)34-35(29)49(45-44-34)27-15-17-48(26(19-27)14-16-41)37(50)51-38(2,3)4/h8-13,18,26-27H,14-15,17,19,21-22H2,1-7H3/t26-,27+/m1/s1. The normalized spacial score (nSPS) is 19.0. The van der Waals surface area contributed by atoms with Gasteiger partial charge in [-0.3, -0.25) is 0 Å². The molecule has 0 unspecified atom stereocenters. The summed E-state index contributed by atoms with van der Waals surface area (Å²) < 4.78 is 24.9. The second-order valence-corrected chi connectivity index (χ2v) is 15.4. The van der Waals surface area contributed by atoms with E-state index in [4.69, 9.17) is 9.72 Å². The van der Waals surface area contributed by atoms with Crippen molar-refractivity contribution in [1.29, 1.82) is 10.5 Å². The maximum Gasteiger partial charge on any atom is 0.410 e. The number of carbonyl (C=O) groups is 1. The number of nitrogens with zero attached hydrogens (tertiary/aromatic N) is 9. The highest BCUT2D eigenvalue weighted by Gasteiger charge is 2.43. The van der Waals surface area contributed by atoms with Gasteiger partial charge in [-0.15, -0.1) is 5.10 Å². The lowest BCUT2D eigenvalue weighted by atomic mass is 9.90. The van der Waals surface area contributed by atoms with Gasteiger partial charge in [-0.1, -0.05) is 35.5 Å². The molecule has 0 spiro atoms. The smallest absolute Gasteiger partial charge is 0.410 e. The van der Waals surface area contributed by atoms with Crippen LogP contribution in [0.3, 0.4) is 0 Å². The number of halogens is 1. The van der Waals surface area contributed by atoms with Crippen molar-refractivity contribution in [1.82, 2.24) is 29.8 Å². The second-order valence-electron chi connectivity index (χ2n) is 15.4. The molecule has 2 aliphatic heterocycles. The van der Waals surface area contributed by atoms with Gasteiger partial charge in [0.1, 0.15) is 16.6 Å². The Bertz CT molecular complexity index is 2280. The summed E-state index contributed by atoms with van der Waals surface area (Å²) in [4.78, 5) is 24.1. The minimum Gasteiger partial charge on any atom is -0.444 e. The van der Waals surface area contributed by atoms with Crippen molar-refractivity contribution in [3.05, 3.63) is 59.4 Å². The van der Waals surface area contributed by atoms with Gasteiger partial charge in [-0.05, 0) is 90.2 Å². The Morgan fingerprint density at radius 2 is 1.86 bits per heavy atom. The molecule has 12 heteroatoms. The number of pyridine rings is 1. The van der Waals surface area contributed by atoms with Crippen LogP contribution in [0.2, 0.25) is 0 Å². The third-order valence-corrected chi connectivity index (χ3v) is 10.5. The summed E-state index contributed by atoms with van der Waals surface area (Å²) in [5, 5.41) is 31.2. The minimum absolute atomic E-state index is 0.0917. The van der Waals surface area contributed by atoms with E-state index in [0.717, 1.165) is 5.39 Å². The van der Waals surface area contributed by atoms with E-state index in [2.05, 4.69) is 39.2 Å². The van der Waals surface area contributed by atoms with Crippen LogP contribution in [0.25, 0.3) is 43.8 Å². The number of nitriles is 2. The number of likely N-dealkylation sites (tertiary alicyclic amines) is 1. The van der Waals surface area contributed by atoms with Crippen molar-refractivity contribution in [3.8, 4) is 23.3 Å². The molecule has 3 aromatic carbocycles. The van der Waals surface area contributed by atoms with Gasteiger partial charge >= 0.3 is 6.09 Å². The van der Waals surface area contributed by atoms with Gasteiger partial charge in [0.15, 0.2) is 17.2 Å². The molecule has 51 heavy (non-hydrogen) atoms. The summed E-state index contributed by atoms with van der Waals surface area (Å²) in [7, 11) is 4.10. The van der Waals surface area contributed by atoms with E-state index in [-0.39, 0.29) is 23.5 Å². The average Bonchev–Trinajstić information content (AvgIpc) is 3.51. The zero-order valence-corrected chi connectivity index (χ0v) is 30.2. The maximum absolute atomic E-state index is 17.4. The Hall–Kier alpha value is -5.33. The molecule has 7 rings (SSSR count). The van der Waals surface area contributed by atoms with Gasteiger partial charge in [0, 0.05) is 36.0 Å². The van der Waals surface area contributed by atoms with Crippen molar-refractivity contribution in [3.63, 3.8) is 0 Å². The van der Waals surface area contributed by atoms with Gasteiger partial charge in [0.05, 0.1) is 41.7 Å². The first-order valence-electron chi connectivity index (χ1n) is 17.3. The number of benzene rings is 3. The van der Waals surface area contributed by atoms with E-state index < -0.39 is 23.6 Å². The Labute approximate surface area is 296 Å². The van der Waals surface area contributed by atoms with Gasteiger partial charge < -0.3 is 19.4 Å². The van der Waals surface area contributed by atoms with Crippen LogP contribution >= 0.6 is 0 Å². The largest absolute Gasteiger partial charge is 0.444 e. The van der Waals surface area contributed by atoms with E-state index in [1.165, 1.54) is 0 Å². The SMILES string of the molecule is Cc1cc2c(nc(N3CC(C)(N(C)C)C3)c3nnn([C@H]4CCN(C(=O)OC(C)(C)C)[C@H](CC#N)C4)c32)c(F)c1-c1cccc2cccc(C#N)c12. The van der Waals surface area contributed by atoms with Gasteiger partial charge in [-0.25, -0.2) is 18.9 Å². The monoisotopic (exact) mass is 687 g/mol. The number of aromatic nitrogens is 4. The number of aryl methyl sites for hydroxylation is 1. The molecule has 0 aliphatic carbocycles. The van der Waals surface area contributed by atoms with E-state index >= 15 is 4.39 Å². The average molecular weight is 688 g/mol. The quantitative estimate of drug-likeness (QED) is 0.190. The predicted molar refractivity (Wildman–Crippen MR) is 195 cm³/mol. The lowest BCUT2D eigenvalue weighted by molar-refractivity contribution is 0.00556. The molecule has 0 saturated carbocycles. The molecule has 262 valence electrons.